The Hall–Kier alpha value is -3.40. The lowest BCUT2D eigenvalue weighted by molar-refractivity contribution is -0.143. The van der Waals surface area contributed by atoms with Gasteiger partial charge in [-0.1, -0.05) is 17.7 Å². The highest BCUT2D eigenvalue weighted by molar-refractivity contribution is 6.30. The van der Waals surface area contributed by atoms with E-state index in [1.165, 1.54) is 24.4 Å². The molecule has 0 fully saturated rings. The van der Waals surface area contributed by atoms with E-state index in [-0.39, 0.29) is 16.4 Å². The van der Waals surface area contributed by atoms with Crippen LogP contribution >= 0.6 is 11.6 Å². The number of alkyl halides is 3. The topological polar surface area (TPSA) is 96.6 Å². The molecule has 3 aromatic heterocycles. The molecule has 0 amide bonds. The van der Waals surface area contributed by atoms with E-state index in [0.29, 0.717) is 12.1 Å². The highest BCUT2D eigenvalue weighted by Crippen LogP contribution is 2.38. The molecule has 172 valence electrons. The van der Waals surface area contributed by atoms with E-state index in [0.717, 1.165) is 41.5 Å². The van der Waals surface area contributed by atoms with Gasteiger partial charge in [0.15, 0.2) is 11.7 Å². The molecule has 0 aromatic carbocycles. The molecule has 11 heteroatoms. The van der Waals surface area contributed by atoms with Gasteiger partial charge in [-0.2, -0.15) is 13.2 Å². The molecule has 0 aliphatic heterocycles. The van der Waals surface area contributed by atoms with Crippen molar-refractivity contribution < 1.29 is 23.1 Å². The Kier molecular flexibility index (Phi) is 6.11. The average Bonchev–Trinajstić information content (AvgIpc) is 2.77. The largest absolute Gasteiger partial charge is 0.476 e. The first-order valence-electron chi connectivity index (χ1n) is 10.1. The number of allylic oxidation sites excluding steroid dienone is 2. The standard InChI is InChI=1S/C22H18ClF3N4O3/c23-13-9-14(19(22(24,25)26)28-15-7-4-8-27-18(15)21(32)33)20-29-16(10-17(31)30(20)11-13)12-5-2-1-3-6-12/h4-5,7-11,19,28H,1-3,6H2,(H,32,33). The van der Waals surface area contributed by atoms with E-state index in [4.69, 9.17) is 11.6 Å². The van der Waals surface area contributed by atoms with Gasteiger partial charge in [-0.25, -0.2) is 14.8 Å². The lowest BCUT2D eigenvalue weighted by Gasteiger charge is -2.25. The van der Waals surface area contributed by atoms with Crippen LogP contribution in [0.2, 0.25) is 5.02 Å². The molecule has 3 aromatic rings. The lowest BCUT2D eigenvalue weighted by atomic mass is 9.97. The summed E-state index contributed by atoms with van der Waals surface area (Å²) in [6.45, 7) is 0. The second-order valence-corrected chi connectivity index (χ2v) is 8.02. The number of aromatic nitrogens is 3. The summed E-state index contributed by atoms with van der Waals surface area (Å²) in [5, 5.41) is 11.4. The Bertz CT molecular complexity index is 1320. The number of aromatic carboxylic acids is 1. The van der Waals surface area contributed by atoms with Crippen LogP contribution in [0.5, 0.6) is 0 Å². The van der Waals surface area contributed by atoms with Gasteiger partial charge in [0.05, 0.1) is 16.4 Å². The maximum absolute atomic E-state index is 14.2. The zero-order chi connectivity index (χ0) is 23.8. The molecule has 1 aliphatic carbocycles. The van der Waals surface area contributed by atoms with E-state index in [1.807, 2.05) is 6.08 Å². The van der Waals surface area contributed by atoms with E-state index in [1.54, 1.807) is 0 Å². The third-order valence-corrected chi connectivity index (χ3v) is 5.53. The number of carbonyl (C=O) groups is 1. The van der Waals surface area contributed by atoms with E-state index in [9.17, 15) is 27.9 Å². The predicted molar refractivity (Wildman–Crippen MR) is 117 cm³/mol. The summed E-state index contributed by atoms with van der Waals surface area (Å²) in [6, 6.07) is 2.44. The fourth-order valence-corrected chi connectivity index (χ4v) is 4.04. The summed E-state index contributed by atoms with van der Waals surface area (Å²) in [5.74, 6) is -1.49. The van der Waals surface area contributed by atoms with Crippen LogP contribution in [0.4, 0.5) is 18.9 Å². The fraction of sp³-hybridized carbons (Fsp3) is 0.273. The molecule has 0 radical (unpaired) electrons. The molecule has 33 heavy (non-hydrogen) atoms. The Labute approximate surface area is 190 Å². The first-order valence-corrected chi connectivity index (χ1v) is 10.5. The molecule has 3 heterocycles. The number of hydrogen-bond acceptors (Lipinski definition) is 5. The number of pyridine rings is 2. The van der Waals surface area contributed by atoms with Gasteiger partial charge in [0.25, 0.3) is 5.56 Å². The van der Waals surface area contributed by atoms with Crippen molar-refractivity contribution in [2.24, 2.45) is 0 Å². The summed E-state index contributed by atoms with van der Waals surface area (Å²) >= 11 is 6.06. The molecule has 1 unspecified atom stereocenters. The number of carboxylic acid groups (broad SMARTS) is 1. The Balaban J connectivity index is 1.93. The van der Waals surface area contributed by atoms with E-state index in [2.05, 4.69) is 15.3 Å². The zero-order valence-corrected chi connectivity index (χ0v) is 17.8. The number of rotatable bonds is 5. The Morgan fingerprint density at radius 3 is 2.73 bits per heavy atom. The molecule has 1 aliphatic rings. The van der Waals surface area contributed by atoms with Crippen LogP contribution in [0.25, 0.3) is 11.2 Å². The Morgan fingerprint density at radius 1 is 1.27 bits per heavy atom. The van der Waals surface area contributed by atoms with Crippen LogP contribution in [-0.4, -0.2) is 31.6 Å². The van der Waals surface area contributed by atoms with Crippen LogP contribution in [0, 0.1) is 0 Å². The van der Waals surface area contributed by atoms with Crippen molar-refractivity contribution in [3.63, 3.8) is 0 Å². The number of fused-ring (bicyclic) bond motifs is 1. The smallest absolute Gasteiger partial charge is 0.412 e. The normalized spacial score (nSPS) is 15.2. The van der Waals surface area contributed by atoms with Crippen LogP contribution < -0.4 is 10.9 Å². The van der Waals surface area contributed by atoms with Crippen molar-refractivity contribution in [3.05, 3.63) is 75.1 Å². The van der Waals surface area contributed by atoms with Crippen molar-refractivity contribution in [1.29, 1.82) is 0 Å². The summed E-state index contributed by atoms with van der Waals surface area (Å²) in [6.07, 6.45) is 2.78. The Morgan fingerprint density at radius 2 is 2.06 bits per heavy atom. The first kappa shape index (κ1) is 22.8. The fourth-order valence-electron chi connectivity index (χ4n) is 3.82. The van der Waals surface area contributed by atoms with Gasteiger partial charge in [-0.15, -0.1) is 0 Å². The third kappa shape index (κ3) is 4.70. The summed E-state index contributed by atoms with van der Waals surface area (Å²) in [4.78, 5) is 32.3. The summed E-state index contributed by atoms with van der Waals surface area (Å²) < 4.78 is 43.7. The molecule has 0 spiro atoms. The van der Waals surface area contributed by atoms with Crippen molar-refractivity contribution in [2.75, 3.05) is 5.32 Å². The van der Waals surface area contributed by atoms with Crippen LogP contribution in [-0.2, 0) is 0 Å². The number of nitrogens with one attached hydrogen (secondary N) is 1. The van der Waals surface area contributed by atoms with Gasteiger partial charge in [-0.05, 0) is 49.5 Å². The third-order valence-electron chi connectivity index (χ3n) is 5.32. The minimum absolute atomic E-state index is 0.105. The second kappa shape index (κ2) is 8.86. The van der Waals surface area contributed by atoms with E-state index < -0.39 is 35.0 Å². The van der Waals surface area contributed by atoms with Crippen LogP contribution in [0.3, 0.4) is 0 Å². The maximum Gasteiger partial charge on any atom is 0.412 e. The summed E-state index contributed by atoms with van der Waals surface area (Å²) in [5.41, 5.74) is -0.987. The highest BCUT2D eigenvalue weighted by atomic mass is 35.5. The lowest BCUT2D eigenvalue weighted by Crippen LogP contribution is -2.30. The molecule has 1 atom stereocenters. The minimum Gasteiger partial charge on any atom is -0.476 e. The van der Waals surface area contributed by atoms with Crippen molar-refractivity contribution in [1.82, 2.24) is 14.4 Å². The van der Waals surface area contributed by atoms with E-state index >= 15 is 0 Å². The zero-order valence-electron chi connectivity index (χ0n) is 17.1. The van der Waals surface area contributed by atoms with Gasteiger partial charge >= 0.3 is 12.1 Å². The molecular formula is C22H18ClF3N4O3. The summed E-state index contributed by atoms with van der Waals surface area (Å²) in [7, 11) is 0. The van der Waals surface area contributed by atoms with Gasteiger partial charge in [0.2, 0.25) is 0 Å². The van der Waals surface area contributed by atoms with Gasteiger partial charge in [-0.3, -0.25) is 9.20 Å². The molecular weight excluding hydrogens is 461 g/mol. The monoisotopic (exact) mass is 478 g/mol. The number of carboxylic acids is 1. The second-order valence-electron chi connectivity index (χ2n) is 7.59. The molecule has 0 saturated carbocycles. The average molecular weight is 479 g/mol. The van der Waals surface area contributed by atoms with Crippen LogP contribution in [0.15, 0.2) is 47.5 Å². The van der Waals surface area contributed by atoms with Crippen LogP contribution in [0.1, 0.15) is 53.5 Å². The SMILES string of the molecule is O=C(O)c1ncccc1NC(c1cc(Cl)cn2c(=O)cc(C3=CCCCC3)nc12)C(F)(F)F. The molecule has 7 nitrogen and oxygen atoms in total. The molecule has 0 bridgehead atoms. The molecule has 2 N–H and O–H groups in total. The highest BCUT2D eigenvalue weighted by Gasteiger charge is 2.43. The molecule has 4 rings (SSSR count). The van der Waals surface area contributed by atoms with Gasteiger partial charge in [0.1, 0.15) is 5.65 Å². The minimum atomic E-state index is -4.88. The molecule has 0 saturated heterocycles. The maximum atomic E-state index is 14.2. The number of halogens is 4. The number of anilines is 1. The first-order chi connectivity index (χ1) is 15.6. The van der Waals surface area contributed by atoms with Crippen molar-refractivity contribution in [2.45, 2.75) is 37.9 Å². The number of nitrogens with zero attached hydrogens (tertiary/aromatic N) is 3. The quantitative estimate of drug-likeness (QED) is 0.528. The van der Waals surface area contributed by atoms with Gasteiger partial charge in [0, 0.05) is 24.0 Å². The van der Waals surface area contributed by atoms with Gasteiger partial charge < -0.3 is 10.4 Å². The van der Waals surface area contributed by atoms with Crippen molar-refractivity contribution >= 4 is 34.5 Å². The number of hydrogen-bond donors (Lipinski definition) is 2. The van der Waals surface area contributed by atoms with Crippen molar-refractivity contribution in [3.8, 4) is 0 Å². The predicted octanol–water partition coefficient (Wildman–Crippen LogP) is 5.11.